The Kier molecular flexibility index (Phi) is 5.34. The molecule has 2 heteroatoms. The number of unbranched alkanes of at least 4 members (excludes halogenated alkanes) is 1. The fourth-order valence-corrected chi connectivity index (χ4v) is 3.66. The molecule has 1 aliphatic carbocycles. The van der Waals surface area contributed by atoms with Crippen LogP contribution in [0.15, 0.2) is 48.5 Å². The average Bonchev–Trinajstić information content (AvgIpc) is 2.94. The Morgan fingerprint density at radius 1 is 1.00 bits per heavy atom. The van der Waals surface area contributed by atoms with Crippen molar-refractivity contribution in [3.8, 4) is 11.1 Å². The van der Waals surface area contributed by atoms with Crippen molar-refractivity contribution in [2.75, 3.05) is 6.61 Å². The molecule has 0 aromatic heterocycles. The second-order valence-electron chi connectivity index (χ2n) is 6.60. The minimum Gasteiger partial charge on any atom is -0.464 e. The van der Waals surface area contributed by atoms with E-state index in [-0.39, 0.29) is 17.8 Å². The summed E-state index contributed by atoms with van der Waals surface area (Å²) in [7, 11) is 0. The second-order valence-corrected chi connectivity index (χ2v) is 6.60. The number of rotatable bonds is 7. The summed E-state index contributed by atoms with van der Waals surface area (Å²) in [5.41, 5.74) is 5.08. The van der Waals surface area contributed by atoms with E-state index in [2.05, 4.69) is 62.4 Å². The number of ether oxygens (including phenoxy) is 1. The SMILES string of the molecule is CCCCC(CC)C(=O)OCC1c2ccccc2-c2ccccc21. The van der Waals surface area contributed by atoms with Gasteiger partial charge in [-0.2, -0.15) is 0 Å². The molecule has 24 heavy (non-hydrogen) atoms. The van der Waals surface area contributed by atoms with E-state index in [0.717, 1.165) is 25.7 Å². The van der Waals surface area contributed by atoms with Crippen LogP contribution in [-0.4, -0.2) is 12.6 Å². The molecule has 2 nitrogen and oxygen atoms in total. The van der Waals surface area contributed by atoms with Crippen molar-refractivity contribution >= 4 is 5.97 Å². The first kappa shape index (κ1) is 16.8. The van der Waals surface area contributed by atoms with E-state index in [4.69, 9.17) is 4.74 Å². The van der Waals surface area contributed by atoms with E-state index >= 15 is 0 Å². The predicted octanol–water partition coefficient (Wildman–Crippen LogP) is 5.56. The van der Waals surface area contributed by atoms with E-state index in [1.165, 1.54) is 22.3 Å². The lowest BCUT2D eigenvalue weighted by atomic mass is 9.97. The smallest absolute Gasteiger partial charge is 0.308 e. The van der Waals surface area contributed by atoms with Crippen LogP contribution < -0.4 is 0 Å². The minimum absolute atomic E-state index is 0.0344. The number of esters is 1. The van der Waals surface area contributed by atoms with Crippen LogP contribution in [0.25, 0.3) is 11.1 Å². The lowest BCUT2D eigenvalue weighted by Crippen LogP contribution is -2.20. The topological polar surface area (TPSA) is 26.3 Å². The molecule has 0 aliphatic heterocycles. The molecule has 0 heterocycles. The van der Waals surface area contributed by atoms with Gasteiger partial charge in [-0.15, -0.1) is 0 Å². The maximum Gasteiger partial charge on any atom is 0.308 e. The van der Waals surface area contributed by atoms with Gasteiger partial charge in [0.2, 0.25) is 0 Å². The highest BCUT2D eigenvalue weighted by Crippen LogP contribution is 2.44. The van der Waals surface area contributed by atoms with E-state index in [1.54, 1.807) is 0 Å². The molecule has 0 fully saturated rings. The van der Waals surface area contributed by atoms with E-state index in [0.29, 0.717) is 6.61 Å². The van der Waals surface area contributed by atoms with Crippen molar-refractivity contribution in [3.63, 3.8) is 0 Å². The molecule has 3 rings (SSSR count). The average molecular weight is 322 g/mol. The highest BCUT2D eigenvalue weighted by Gasteiger charge is 2.29. The van der Waals surface area contributed by atoms with Crippen LogP contribution in [-0.2, 0) is 9.53 Å². The zero-order chi connectivity index (χ0) is 16.9. The van der Waals surface area contributed by atoms with Gasteiger partial charge < -0.3 is 4.74 Å². The van der Waals surface area contributed by atoms with Crippen LogP contribution in [0.1, 0.15) is 56.6 Å². The highest BCUT2D eigenvalue weighted by molar-refractivity contribution is 5.79. The Balaban J connectivity index is 1.75. The molecule has 1 atom stereocenters. The first-order valence-electron chi connectivity index (χ1n) is 9.11. The Hall–Kier alpha value is -2.09. The van der Waals surface area contributed by atoms with Crippen LogP contribution in [0.2, 0.25) is 0 Å². The summed E-state index contributed by atoms with van der Waals surface area (Å²) >= 11 is 0. The summed E-state index contributed by atoms with van der Waals surface area (Å²) in [6.07, 6.45) is 4.00. The quantitative estimate of drug-likeness (QED) is 0.624. The normalized spacial score (nSPS) is 14.1. The minimum atomic E-state index is -0.0344. The van der Waals surface area contributed by atoms with Gasteiger partial charge in [-0.25, -0.2) is 0 Å². The van der Waals surface area contributed by atoms with Crippen molar-refractivity contribution in [2.45, 2.75) is 45.4 Å². The van der Waals surface area contributed by atoms with E-state index in [1.807, 2.05) is 0 Å². The highest BCUT2D eigenvalue weighted by atomic mass is 16.5. The molecule has 126 valence electrons. The summed E-state index contributed by atoms with van der Waals surface area (Å²) in [5.74, 6) is 0.162. The maximum absolute atomic E-state index is 12.4. The molecular formula is C22H26O2. The van der Waals surface area contributed by atoms with Crippen LogP contribution in [0.5, 0.6) is 0 Å². The van der Waals surface area contributed by atoms with Gasteiger partial charge in [0.25, 0.3) is 0 Å². The standard InChI is InChI=1S/C22H26O2/c1-3-5-10-16(4-2)22(23)24-15-21-19-13-8-6-11-17(19)18-12-7-9-14-20(18)21/h6-9,11-14,16,21H,3-5,10,15H2,1-2H3. The zero-order valence-corrected chi connectivity index (χ0v) is 14.6. The van der Waals surface area contributed by atoms with Crippen molar-refractivity contribution in [2.24, 2.45) is 5.92 Å². The Bertz CT molecular complexity index is 659. The number of carbonyl (C=O) groups excluding carboxylic acids is 1. The first-order chi connectivity index (χ1) is 11.8. The number of benzene rings is 2. The van der Waals surface area contributed by atoms with Gasteiger partial charge in [-0.3, -0.25) is 4.79 Å². The van der Waals surface area contributed by atoms with E-state index < -0.39 is 0 Å². The molecule has 2 aromatic carbocycles. The fraction of sp³-hybridized carbons (Fsp3) is 0.409. The molecule has 1 aliphatic rings. The van der Waals surface area contributed by atoms with Gasteiger partial charge in [0.15, 0.2) is 0 Å². The third kappa shape index (κ3) is 3.24. The van der Waals surface area contributed by atoms with Crippen LogP contribution in [0.4, 0.5) is 0 Å². The van der Waals surface area contributed by atoms with Crippen molar-refractivity contribution in [1.82, 2.24) is 0 Å². The lowest BCUT2D eigenvalue weighted by molar-refractivity contribution is -0.149. The van der Waals surface area contributed by atoms with Gasteiger partial charge in [-0.1, -0.05) is 75.2 Å². The van der Waals surface area contributed by atoms with Gasteiger partial charge in [0.1, 0.15) is 6.61 Å². The number of carbonyl (C=O) groups is 1. The van der Waals surface area contributed by atoms with Gasteiger partial charge in [-0.05, 0) is 35.1 Å². The summed E-state index contributed by atoms with van der Waals surface area (Å²) in [5, 5.41) is 0. The maximum atomic E-state index is 12.4. The molecule has 2 aromatic rings. The summed E-state index contributed by atoms with van der Waals surface area (Å²) in [6, 6.07) is 16.9. The largest absolute Gasteiger partial charge is 0.464 e. The number of hydrogen-bond acceptors (Lipinski definition) is 2. The van der Waals surface area contributed by atoms with Crippen LogP contribution >= 0.6 is 0 Å². The molecule has 0 bridgehead atoms. The zero-order valence-electron chi connectivity index (χ0n) is 14.6. The first-order valence-corrected chi connectivity index (χ1v) is 9.11. The van der Waals surface area contributed by atoms with Gasteiger partial charge in [0, 0.05) is 5.92 Å². The number of hydrogen-bond donors (Lipinski definition) is 0. The van der Waals surface area contributed by atoms with E-state index in [9.17, 15) is 4.79 Å². The Morgan fingerprint density at radius 3 is 2.12 bits per heavy atom. The molecule has 0 saturated heterocycles. The molecule has 1 unspecified atom stereocenters. The van der Waals surface area contributed by atoms with Crippen molar-refractivity contribution in [3.05, 3.63) is 59.7 Å². The Morgan fingerprint density at radius 2 is 1.58 bits per heavy atom. The van der Waals surface area contributed by atoms with Gasteiger partial charge >= 0.3 is 5.97 Å². The molecule has 0 N–H and O–H groups in total. The van der Waals surface area contributed by atoms with Crippen LogP contribution in [0, 0.1) is 5.92 Å². The summed E-state index contributed by atoms with van der Waals surface area (Å²) < 4.78 is 5.75. The molecule has 0 saturated carbocycles. The van der Waals surface area contributed by atoms with Crippen molar-refractivity contribution < 1.29 is 9.53 Å². The van der Waals surface area contributed by atoms with Crippen molar-refractivity contribution in [1.29, 1.82) is 0 Å². The molecular weight excluding hydrogens is 296 g/mol. The predicted molar refractivity (Wildman–Crippen MR) is 98.0 cm³/mol. The third-order valence-corrected chi connectivity index (χ3v) is 5.09. The third-order valence-electron chi connectivity index (χ3n) is 5.09. The fourth-order valence-electron chi connectivity index (χ4n) is 3.66. The summed E-state index contributed by atoms with van der Waals surface area (Å²) in [4.78, 5) is 12.4. The second kappa shape index (κ2) is 7.65. The number of fused-ring (bicyclic) bond motifs is 3. The van der Waals surface area contributed by atoms with Gasteiger partial charge in [0.05, 0.1) is 5.92 Å². The molecule has 0 radical (unpaired) electrons. The molecule has 0 spiro atoms. The summed E-state index contributed by atoms with van der Waals surface area (Å²) in [6.45, 7) is 4.67. The Labute approximate surface area is 144 Å². The lowest BCUT2D eigenvalue weighted by Gasteiger charge is -2.18. The molecule has 0 amide bonds. The van der Waals surface area contributed by atoms with Crippen LogP contribution in [0.3, 0.4) is 0 Å². The monoisotopic (exact) mass is 322 g/mol.